The standard InChI is InChI=1S/C11H12ClN3O/c12-9-3-4-10(8(6-9)7-13)15-5-1-2-11(14)16/h3-4,6,15H,1-2,5H2,(H2,14,16). The lowest BCUT2D eigenvalue weighted by atomic mass is 10.2. The molecule has 0 atom stereocenters. The van der Waals surface area contributed by atoms with Gasteiger partial charge in [-0.1, -0.05) is 11.6 Å². The number of hydrogen-bond donors (Lipinski definition) is 2. The van der Waals surface area contributed by atoms with Gasteiger partial charge in [0.1, 0.15) is 6.07 Å². The zero-order valence-corrected chi connectivity index (χ0v) is 9.42. The summed E-state index contributed by atoms with van der Waals surface area (Å²) in [6.45, 7) is 0.596. The van der Waals surface area contributed by atoms with Gasteiger partial charge in [0.2, 0.25) is 5.91 Å². The van der Waals surface area contributed by atoms with Gasteiger partial charge in [-0.2, -0.15) is 5.26 Å². The highest BCUT2D eigenvalue weighted by atomic mass is 35.5. The molecule has 1 aromatic rings. The molecule has 0 saturated heterocycles. The maximum absolute atomic E-state index is 10.5. The number of benzene rings is 1. The van der Waals surface area contributed by atoms with Crippen molar-refractivity contribution in [2.24, 2.45) is 5.73 Å². The predicted octanol–water partition coefficient (Wildman–Crippen LogP) is 1.89. The second kappa shape index (κ2) is 5.99. The van der Waals surface area contributed by atoms with Crippen LogP contribution in [0.1, 0.15) is 18.4 Å². The minimum absolute atomic E-state index is 0.321. The molecule has 0 aliphatic rings. The van der Waals surface area contributed by atoms with Crippen LogP contribution in [0.3, 0.4) is 0 Å². The molecule has 0 bridgehead atoms. The van der Waals surface area contributed by atoms with Gasteiger partial charge in [-0.05, 0) is 24.6 Å². The fourth-order valence-corrected chi connectivity index (χ4v) is 1.42. The molecular formula is C11H12ClN3O. The van der Waals surface area contributed by atoms with Crippen molar-refractivity contribution in [2.45, 2.75) is 12.8 Å². The van der Waals surface area contributed by atoms with E-state index in [1.54, 1.807) is 18.2 Å². The topological polar surface area (TPSA) is 78.9 Å². The summed E-state index contributed by atoms with van der Waals surface area (Å²) in [6, 6.07) is 7.09. The van der Waals surface area contributed by atoms with Gasteiger partial charge in [0.05, 0.1) is 11.3 Å². The number of hydrogen-bond acceptors (Lipinski definition) is 3. The third kappa shape index (κ3) is 3.79. The highest BCUT2D eigenvalue weighted by Crippen LogP contribution is 2.19. The lowest BCUT2D eigenvalue weighted by Gasteiger charge is -2.07. The van der Waals surface area contributed by atoms with Crippen molar-refractivity contribution < 1.29 is 4.79 Å². The molecule has 4 nitrogen and oxygen atoms in total. The van der Waals surface area contributed by atoms with Crippen LogP contribution in [-0.2, 0) is 4.79 Å². The van der Waals surface area contributed by atoms with E-state index in [1.807, 2.05) is 6.07 Å². The van der Waals surface area contributed by atoms with Gasteiger partial charge in [0.15, 0.2) is 0 Å². The normalized spacial score (nSPS) is 9.50. The summed E-state index contributed by atoms with van der Waals surface area (Å²) in [5, 5.41) is 12.4. The fourth-order valence-electron chi connectivity index (χ4n) is 1.25. The van der Waals surface area contributed by atoms with Crippen LogP contribution in [0.25, 0.3) is 0 Å². The summed E-state index contributed by atoms with van der Waals surface area (Å²) in [7, 11) is 0. The molecule has 0 saturated carbocycles. The molecule has 16 heavy (non-hydrogen) atoms. The Labute approximate surface area is 99.0 Å². The van der Waals surface area contributed by atoms with Crippen LogP contribution >= 0.6 is 11.6 Å². The van der Waals surface area contributed by atoms with E-state index in [4.69, 9.17) is 22.6 Å². The molecule has 0 aliphatic heterocycles. The lowest BCUT2D eigenvalue weighted by molar-refractivity contribution is -0.118. The monoisotopic (exact) mass is 237 g/mol. The zero-order chi connectivity index (χ0) is 12.0. The Morgan fingerprint density at radius 2 is 2.31 bits per heavy atom. The van der Waals surface area contributed by atoms with Crippen LogP contribution in [0.5, 0.6) is 0 Å². The van der Waals surface area contributed by atoms with E-state index in [-0.39, 0.29) is 5.91 Å². The number of nitrogens with zero attached hydrogens (tertiary/aromatic N) is 1. The van der Waals surface area contributed by atoms with E-state index in [0.29, 0.717) is 30.0 Å². The Bertz CT molecular complexity index is 426. The van der Waals surface area contributed by atoms with Crippen LogP contribution in [0.2, 0.25) is 5.02 Å². The maximum atomic E-state index is 10.5. The minimum Gasteiger partial charge on any atom is -0.384 e. The first-order valence-electron chi connectivity index (χ1n) is 4.85. The summed E-state index contributed by atoms with van der Waals surface area (Å²) in [4.78, 5) is 10.5. The highest BCUT2D eigenvalue weighted by Gasteiger charge is 2.02. The summed E-state index contributed by atoms with van der Waals surface area (Å²) in [5.41, 5.74) is 6.22. The average molecular weight is 238 g/mol. The van der Waals surface area contributed by atoms with Gasteiger partial charge in [-0.25, -0.2) is 0 Å². The van der Waals surface area contributed by atoms with Gasteiger partial charge in [0.25, 0.3) is 0 Å². The van der Waals surface area contributed by atoms with E-state index < -0.39 is 0 Å². The number of anilines is 1. The molecule has 0 spiro atoms. The summed E-state index contributed by atoms with van der Waals surface area (Å²) >= 11 is 5.76. The largest absolute Gasteiger partial charge is 0.384 e. The molecule has 0 aromatic heterocycles. The number of nitrogens with one attached hydrogen (secondary N) is 1. The number of primary amides is 1. The number of carbonyl (C=O) groups is 1. The van der Waals surface area contributed by atoms with E-state index in [0.717, 1.165) is 5.69 Å². The molecule has 1 aromatic carbocycles. The number of amides is 1. The van der Waals surface area contributed by atoms with Crippen LogP contribution in [0.15, 0.2) is 18.2 Å². The molecule has 0 radical (unpaired) electrons. The molecular weight excluding hydrogens is 226 g/mol. The van der Waals surface area contributed by atoms with Gasteiger partial charge >= 0.3 is 0 Å². The Balaban J connectivity index is 2.54. The molecule has 0 heterocycles. The summed E-state index contributed by atoms with van der Waals surface area (Å²) < 4.78 is 0. The lowest BCUT2D eigenvalue weighted by Crippen LogP contribution is -2.12. The van der Waals surface area contributed by atoms with Crippen LogP contribution < -0.4 is 11.1 Å². The van der Waals surface area contributed by atoms with E-state index in [2.05, 4.69) is 5.32 Å². The number of carbonyl (C=O) groups excluding carboxylic acids is 1. The van der Waals surface area contributed by atoms with Crippen molar-refractivity contribution in [2.75, 3.05) is 11.9 Å². The number of nitriles is 1. The zero-order valence-electron chi connectivity index (χ0n) is 8.66. The Morgan fingerprint density at radius 1 is 1.56 bits per heavy atom. The third-order valence-electron chi connectivity index (χ3n) is 2.02. The molecule has 0 fully saturated rings. The molecule has 84 valence electrons. The van der Waals surface area contributed by atoms with Crippen molar-refractivity contribution in [1.29, 1.82) is 5.26 Å². The number of nitrogens with two attached hydrogens (primary N) is 1. The predicted molar refractivity (Wildman–Crippen MR) is 63.1 cm³/mol. The van der Waals surface area contributed by atoms with Crippen LogP contribution in [-0.4, -0.2) is 12.5 Å². The molecule has 0 unspecified atom stereocenters. The quantitative estimate of drug-likeness (QED) is 0.768. The molecule has 0 aliphatic carbocycles. The van der Waals surface area contributed by atoms with Crippen molar-refractivity contribution in [3.05, 3.63) is 28.8 Å². The van der Waals surface area contributed by atoms with E-state index >= 15 is 0 Å². The van der Waals surface area contributed by atoms with Gasteiger partial charge in [0, 0.05) is 18.0 Å². The summed E-state index contributed by atoms with van der Waals surface area (Å²) in [6.07, 6.45) is 0.977. The van der Waals surface area contributed by atoms with Gasteiger partial charge < -0.3 is 11.1 Å². The van der Waals surface area contributed by atoms with E-state index in [1.165, 1.54) is 0 Å². The molecule has 1 amide bonds. The number of halogens is 1. The summed E-state index contributed by atoms with van der Waals surface area (Å²) in [5.74, 6) is -0.321. The van der Waals surface area contributed by atoms with Crippen molar-refractivity contribution in [3.63, 3.8) is 0 Å². The second-order valence-corrected chi connectivity index (χ2v) is 3.73. The second-order valence-electron chi connectivity index (χ2n) is 3.30. The molecule has 5 heteroatoms. The minimum atomic E-state index is -0.321. The number of rotatable bonds is 5. The first-order valence-corrected chi connectivity index (χ1v) is 5.23. The SMILES string of the molecule is N#Cc1cc(Cl)ccc1NCCCC(N)=O. The van der Waals surface area contributed by atoms with Gasteiger partial charge in [-0.3, -0.25) is 4.79 Å². The highest BCUT2D eigenvalue weighted by molar-refractivity contribution is 6.30. The molecule has 1 rings (SSSR count). The van der Waals surface area contributed by atoms with Crippen molar-refractivity contribution >= 4 is 23.2 Å². The Morgan fingerprint density at radius 3 is 2.94 bits per heavy atom. The Hall–Kier alpha value is -1.73. The van der Waals surface area contributed by atoms with E-state index in [9.17, 15) is 4.79 Å². The average Bonchev–Trinajstić information content (AvgIpc) is 2.25. The first kappa shape index (κ1) is 12.3. The third-order valence-corrected chi connectivity index (χ3v) is 2.25. The van der Waals surface area contributed by atoms with Crippen LogP contribution in [0, 0.1) is 11.3 Å². The van der Waals surface area contributed by atoms with Gasteiger partial charge in [-0.15, -0.1) is 0 Å². The Kier molecular flexibility index (Phi) is 4.62. The fraction of sp³-hybridized carbons (Fsp3) is 0.273. The van der Waals surface area contributed by atoms with Crippen molar-refractivity contribution in [3.8, 4) is 6.07 Å². The maximum Gasteiger partial charge on any atom is 0.217 e. The first-order chi connectivity index (χ1) is 7.63. The van der Waals surface area contributed by atoms with Crippen molar-refractivity contribution in [1.82, 2.24) is 0 Å². The van der Waals surface area contributed by atoms with Crippen LogP contribution in [0.4, 0.5) is 5.69 Å². The molecule has 3 N–H and O–H groups in total. The smallest absolute Gasteiger partial charge is 0.217 e.